The van der Waals surface area contributed by atoms with Crippen LogP contribution in [0.1, 0.15) is 51.4 Å². The maximum atomic E-state index is 2.85. The molecule has 1 atom stereocenters. The molecule has 0 bridgehead atoms. The van der Waals surface area contributed by atoms with Gasteiger partial charge in [-0.05, 0) is 75.9 Å². The van der Waals surface area contributed by atoms with Gasteiger partial charge in [-0.15, -0.1) is 0 Å². The van der Waals surface area contributed by atoms with Crippen LogP contribution in [0.25, 0.3) is 0 Å². The van der Waals surface area contributed by atoms with Crippen molar-refractivity contribution in [1.82, 2.24) is 9.80 Å². The molecule has 102 valence electrons. The second-order valence-electron chi connectivity index (χ2n) is 7.41. The van der Waals surface area contributed by atoms with Crippen molar-refractivity contribution in [1.29, 1.82) is 0 Å². The van der Waals surface area contributed by atoms with Gasteiger partial charge in [-0.25, -0.2) is 0 Å². The van der Waals surface area contributed by atoms with Gasteiger partial charge in [0.2, 0.25) is 0 Å². The molecule has 18 heavy (non-hydrogen) atoms. The summed E-state index contributed by atoms with van der Waals surface area (Å²) in [5, 5.41) is 0. The van der Waals surface area contributed by atoms with E-state index in [0.717, 1.165) is 17.4 Å². The molecule has 2 heteroatoms. The van der Waals surface area contributed by atoms with Gasteiger partial charge < -0.3 is 4.90 Å². The summed E-state index contributed by atoms with van der Waals surface area (Å²) in [7, 11) is 0. The van der Waals surface area contributed by atoms with Crippen LogP contribution in [0, 0.1) is 11.3 Å². The van der Waals surface area contributed by atoms with Gasteiger partial charge >= 0.3 is 0 Å². The van der Waals surface area contributed by atoms with Gasteiger partial charge in [-0.3, -0.25) is 4.90 Å². The molecule has 0 aromatic rings. The highest BCUT2D eigenvalue weighted by Crippen LogP contribution is 2.61. The van der Waals surface area contributed by atoms with Crippen LogP contribution in [0.5, 0.6) is 0 Å². The maximum Gasteiger partial charge on any atom is 0.0223 e. The first-order valence-corrected chi connectivity index (χ1v) is 8.32. The zero-order valence-corrected chi connectivity index (χ0v) is 11.7. The predicted molar refractivity (Wildman–Crippen MR) is 74.7 cm³/mol. The lowest BCUT2D eigenvalue weighted by molar-refractivity contribution is 0.125. The summed E-state index contributed by atoms with van der Waals surface area (Å²) < 4.78 is 0. The molecule has 4 aliphatic rings. The van der Waals surface area contributed by atoms with Crippen molar-refractivity contribution in [3.63, 3.8) is 0 Å². The molecule has 4 rings (SSSR count). The fraction of sp³-hybridized carbons (Fsp3) is 1.00. The van der Waals surface area contributed by atoms with E-state index in [9.17, 15) is 0 Å². The molecule has 0 aromatic heterocycles. The third-order valence-electron chi connectivity index (χ3n) is 6.01. The van der Waals surface area contributed by atoms with E-state index in [0.29, 0.717) is 0 Å². The van der Waals surface area contributed by atoms with Crippen LogP contribution in [0.15, 0.2) is 0 Å². The highest BCUT2D eigenvalue weighted by atomic mass is 15.2. The number of hydrogen-bond acceptors (Lipinski definition) is 2. The van der Waals surface area contributed by atoms with E-state index in [1.165, 1.54) is 58.4 Å². The Kier molecular flexibility index (Phi) is 2.92. The SMILES string of the molecule is C1CCN2CCCN(CC3(C4CC4)CC3)CC2C1. The molecule has 0 N–H and O–H groups in total. The summed E-state index contributed by atoms with van der Waals surface area (Å²) in [6.45, 7) is 6.96. The number of nitrogens with zero attached hydrogens (tertiary/aromatic N) is 2. The molecule has 2 nitrogen and oxygen atoms in total. The van der Waals surface area contributed by atoms with Crippen LogP contribution in [0.3, 0.4) is 0 Å². The van der Waals surface area contributed by atoms with E-state index in [1.807, 2.05) is 0 Å². The minimum atomic E-state index is 0.809. The van der Waals surface area contributed by atoms with Crippen molar-refractivity contribution in [3.05, 3.63) is 0 Å². The fourth-order valence-electron chi connectivity index (χ4n) is 4.59. The summed E-state index contributed by atoms with van der Waals surface area (Å²) in [5.74, 6) is 1.13. The molecular weight excluding hydrogens is 220 g/mol. The summed E-state index contributed by atoms with van der Waals surface area (Å²) >= 11 is 0. The lowest BCUT2D eigenvalue weighted by atomic mass is 9.98. The average Bonchev–Trinajstić information content (AvgIpc) is 3.25. The van der Waals surface area contributed by atoms with Crippen LogP contribution in [0.4, 0.5) is 0 Å². The van der Waals surface area contributed by atoms with Crippen LogP contribution in [0.2, 0.25) is 0 Å². The smallest absolute Gasteiger partial charge is 0.0223 e. The summed E-state index contributed by atoms with van der Waals surface area (Å²) in [6, 6.07) is 0.899. The van der Waals surface area contributed by atoms with E-state index >= 15 is 0 Å². The first-order chi connectivity index (χ1) is 8.86. The molecule has 0 spiro atoms. The van der Waals surface area contributed by atoms with Crippen molar-refractivity contribution in [2.75, 3.05) is 32.7 Å². The topological polar surface area (TPSA) is 6.48 Å². The van der Waals surface area contributed by atoms with Crippen molar-refractivity contribution >= 4 is 0 Å². The van der Waals surface area contributed by atoms with Crippen LogP contribution in [-0.2, 0) is 0 Å². The summed E-state index contributed by atoms with van der Waals surface area (Å²) in [5.41, 5.74) is 0.809. The Hall–Kier alpha value is -0.0800. The third kappa shape index (κ3) is 2.22. The van der Waals surface area contributed by atoms with Gasteiger partial charge in [-0.2, -0.15) is 0 Å². The molecule has 2 saturated carbocycles. The van der Waals surface area contributed by atoms with Gasteiger partial charge in [0.1, 0.15) is 0 Å². The Labute approximate surface area is 112 Å². The molecule has 0 amide bonds. The zero-order valence-electron chi connectivity index (χ0n) is 11.7. The van der Waals surface area contributed by atoms with Crippen LogP contribution < -0.4 is 0 Å². The Bertz CT molecular complexity index is 306. The fourth-order valence-corrected chi connectivity index (χ4v) is 4.59. The lowest BCUT2D eigenvalue weighted by Gasteiger charge is -2.36. The minimum Gasteiger partial charge on any atom is -0.301 e. The van der Waals surface area contributed by atoms with E-state index < -0.39 is 0 Å². The average molecular weight is 248 g/mol. The summed E-state index contributed by atoms with van der Waals surface area (Å²) in [6.07, 6.45) is 12.0. The molecular formula is C16H28N2. The first-order valence-electron chi connectivity index (χ1n) is 8.32. The minimum absolute atomic E-state index is 0.809. The molecule has 2 aliphatic heterocycles. The molecule has 2 saturated heterocycles. The third-order valence-corrected chi connectivity index (χ3v) is 6.01. The predicted octanol–water partition coefficient (Wildman–Crippen LogP) is 2.74. The molecule has 0 radical (unpaired) electrons. The second kappa shape index (κ2) is 4.49. The van der Waals surface area contributed by atoms with Crippen LogP contribution >= 0.6 is 0 Å². The standard InChI is InChI=1S/C16H28N2/c1-2-10-18-11-3-9-17(12-15(18)4-1)13-16(7-8-16)14-5-6-14/h14-15H,1-13H2. The number of rotatable bonds is 3. The Balaban J connectivity index is 1.39. The zero-order chi connectivity index (χ0) is 12.0. The van der Waals surface area contributed by atoms with E-state index in [4.69, 9.17) is 0 Å². The van der Waals surface area contributed by atoms with Gasteiger partial charge in [-0.1, -0.05) is 6.42 Å². The van der Waals surface area contributed by atoms with Gasteiger partial charge in [0.05, 0.1) is 0 Å². The Morgan fingerprint density at radius 1 is 0.889 bits per heavy atom. The quantitative estimate of drug-likeness (QED) is 0.758. The van der Waals surface area contributed by atoms with Crippen molar-refractivity contribution in [2.45, 2.75) is 57.4 Å². The first kappa shape index (κ1) is 11.7. The van der Waals surface area contributed by atoms with E-state index in [1.54, 1.807) is 25.7 Å². The van der Waals surface area contributed by atoms with Gasteiger partial charge in [0, 0.05) is 19.1 Å². The highest BCUT2D eigenvalue weighted by molar-refractivity contribution is 5.05. The normalized spacial score (nSPS) is 37.0. The van der Waals surface area contributed by atoms with Crippen molar-refractivity contribution < 1.29 is 0 Å². The second-order valence-corrected chi connectivity index (χ2v) is 7.41. The summed E-state index contributed by atoms with van der Waals surface area (Å²) in [4.78, 5) is 5.64. The number of piperidine rings is 1. The lowest BCUT2D eigenvalue weighted by Crippen LogP contribution is -2.45. The Morgan fingerprint density at radius 2 is 1.72 bits per heavy atom. The monoisotopic (exact) mass is 248 g/mol. The van der Waals surface area contributed by atoms with Crippen molar-refractivity contribution in [2.24, 2.45) is 11.3 Å². The number of fused-ring (bicyclic) bond motifs is 1. The molecule has 1 unspecified atom stereocenters. The maximum absolute atomic E-state index is 2.85. The van der Waals surface area contributed by atoms with Gasteiger partial charge in [0.15, 0.2) is 0 Å². The largest absolute Gasteiger partial charge is 0.301 e. The number of hydrogen-bond donors (Lipinski definition) is 0. The molecule has 4 fully saturated rings. The molecule has 2 heterocycles. The highest BCUT2D eigenvalue weighted by Gasteiger charge is 2.54. The van der Waals surface area contributed by atoms with E-state index in [2.05, 4.69) is 9.80 Å². The van der Waals surface area contributed by atoms with Gasteiger partial charge in [0.25, 0.3) is 0 Å². The van der Waals surface area contributed by atoms with E-state index in [-0.39, 0.29) is 0 Å². The molecule has 2 aliphatic carbocycles. The van der Waals surface area contributed by atoms with Crippen LogP contribution in [-0.4, -0.2) is 48.6 Å². The van der Waals surface area contributed by atoms with Crippen molar-refractivity contribution in [3.8, 4) is 0 Å². The Morgan fingerprint density at radius 3 is 2.50 bits per heavy atom. The molecule has 0 aromatic carbocycles.